The average molecular weight is 319 g/mol. The highest BCUT2D eigenvalue weighted by Crippen LogP contribution is 2.23. The summed E-state index contributed by atoms with van der Waals surface area (Å²) in [5.74, 6) is -0.261. The van der Waals surface area contributed by atoms with E-state index in [9.17, 15) is 4.39 Å². The predicted octanol–water partition coefficient (Wildman–Crippen LogP) is 4.17. The Morgan fingerprint density at radius 2 is 1.95 bits per heavy atom. The van der Waals surface area contributed by atoms with Crippen molar-refractivity contribution in [3.05, 3.63) is 64.5 Å². The third kappa shape index (κ3) is 2.36. The number of anilines is 1. The van der Waals surface area contributed by atoms with E-state index in [2.05, 4.69) is 26.6 Å². The fourth-order valence-electron chi connectivity index (χ4n) is 2.20. The van der Waals surface area contributed by atoms with Crippen molar-refractivity contribution in [2.75, 3.05) is 5.73 Å². The summed E-state index contributed by atoms with van der Waals surface area (Å²) in [5.41, 5.74) is 8.39. The minimum atomic E-state index is -0.261. The Bertz CT molecular complexity index is 749. The number of rotatable bonds is 2. The fourth-order valence-corrected chi connectivity index (χ4v) is 2.58. The first-order valence-corrected chi connectivity index (χ1v) is 6.71. The Balaban J connectivity index is 2.03. The van der Waals surface area contributed by atoms with Crippen LogP contribution in [0.1, 0.15) is 5.56 Å². The molecule has 0 fully saturated rings. The van der Waals surface area contributed by atoms with Crippen molar-refractivity contribution in [1.29, 1.82) is 0 Å². The van der Waals surface area contributed by atoms with Crippen LogP contribution in [0.25, 0.3) is 10.9 Å². The molecule has 3 rings (SSSR count). The molecule has 0 saturated carbocycles. The van der Waals surface area contributed by atoms with Gasteiger partial charge in [0.25, 0.3) is 0 Å². The van der Waals surface area contributed by atoms with Crippen molar-refractivity contribution in [3.63, 3.8) is 0 Å². The number of aromatic nitrogens is 1. The molecule has 2 N–H and O–H groups in total. The number of nitrogen functional groups attached to an aromatic ring is 1. The summed E-state index contributed by atoms with van der Waals surface area (Å²) in [6.45, 7) is 0.564. The Morgan fingerprint density at radius 3 is 2.79 bits per heavy atom. The van der Waals surface area contributed by atoms with Crippen LogP contribution in [0.4, 0.5) is 10.1 Å². The van der Waals surface area contributed by atoms with Gasteiger partial charge in [-0.1, -0.05) is 15.9 Å². The summed E-state index contributed by atoms with van der Waals surface area (Å²) in [7, 11) is 0. The predicted molar refractivity (Wildman–Crippen MR) is 79.6 cm³/mol. The standard InChI is InChI=1S/C15H12BrFN2/c16-12-1-4-15-10(7-12)5-6-19(15)9-11-8-13(17)2-3-14(11)18/h1-8H,9,18H2. The quantitative estimate of drug-likeness (QED) is 0.706. The molecule has 2 aromatic carbocycles. The number of hydrogen-bond donors (Lipinski definition) is 1. The molecule has 4 heteroatoms. The topological polar surface area (TPSA) is 30.9 Å². The number of nitrogens with two attached hydrogens (primary N) is 1. The molecule has 0 saturated heterocycles. The Morgan fingerprint density at radius 1 is 1.11 bits per heavy atom. The molecule has 1 heterocycles. The zero-order chi connectivity index (χ0) is 13.4. The summed E-state index contributed by atoms with van der Waals surface area (Å²) in [6, 6.07) is 12.6. The molecule has 0 aliphatic carbocycles. The van der Waals surface area contributed by atoms with Crippen LogP contribution < -0.4 is 5.73 Å². The van der Waals surface area contributed by atoms with E-state index in [1.807, 2.05) is 24.4 Å². The largest absolute Gasteiger partial charge is 0.398 e. The van der Waals surface area contributed by atoms with Crippen molar-refractivity contribution in [3.8, 4) is 0 Å². The normalized spacial score (nSPS) is 11.1. The van der Waals surface area contributed by atoms with Gasteiger partial charge in [0.05, 0.1) is 0 Å². The van der Waals surface area contributed by atoms with Gasteiger partial charge >= 0.3 is 0 Å². The van der Waals surface area contributed by atoms with Crippen LogP contribution in [0.15, 0.2) is 53.1 Å². The number of benzene rings is 2. The van der Waals surface area contributed by atoms with Gasteiger partial charge in [0.1, 0.15) is 5.82 Å². The summed E-state index contributed by atoms with van der Waals surface area (Å²) in [4.78, 5) is 0. The van der Waals surface area contributed by atoms with Gasteiger partial charge < -0.3 is 10.3 Å². The van der Waals surface area contributed by atoms with E-state index < -0.39 is 0 Å². The van der Waals surface area contributed by atoms with E-state index in [4.69, 9.17) is 5.73 Å². The third-order valence-corrected chi connectivity index (χ3v) is 3.67. The molecule has 96 valence electrons. The summed E-state index contributed by atoms with van der Waals surface area (Å²) in [5, 5.41) is 1.14. The number of hydrogen-bond acceptors (Lipinski definition) is 1. The van der Waals surface area contributed by atoms with Crippen LogP contribution >= 0.6 is 15.9 Å². The van der Waals surface area contributed by atoms with Crippen molar-refractivity contribution in [2.45, 2.75) is 6.54 Å². The van der Waals surface area contributed by atoms with Crippen molar-refractivity contribution in [1.82, 2.24) is 4.57 Å². The van der Waals surface area contributed by atoms with Crippen LogP contribution in [0.2, 0.25) is 0 Å². The maximum Gasteiger partial charge on any atom is 0.123 e. The highest BCUT2D eigenvalue weighted by atomic mass is 79.9. The van der Waals surface area contributed by atoms with E-state index in [1.165, 1.54) is 12.1 Å². The first kappa shape index (κ1) is 12.2. The highest BCUT2D eigenvalue weighted by Gasteiger charge is 2.05. The van der Waals surface area contributed by atoms with E-state index in [-0.39, 0.29) is 5.82 Å². The van der Waals surface area contributed by atoms with Crippen LogP contribution in [0, 0.1) is 5.82 Å². The molecule has 0 amide bonds. The molecule has 2 nitrogen and oxygen atoms in total. The zero-order valence-electron chi connectivity index (χ0n) is 10.1. The summed E-state index contributed by atoms with van der Waals surface area (Å²) >= 11 is 3.45. The molecule has 0 spiro atoms. The fraction of sp³-hybridized carbons (Fsp3) is 0.0667. The second-order valence-electron chi connectivity index (χ2n) is 4.49. The second kappa shape index (κ2) is 4.70. The van der Waals surface area contributed by atoms with Crippen molar-refractivity contribution < 1.29 is 4.39 Å². The lowest BCUT2D eigenvalue weighted by Gasteiger charge is -2.09. The first-order valence-electron chi connectivity index (χ1n) is 5.92. The van der Waals surface area contributed by atoms with Gasteiger partial charge in [-0.15, -0.1) is 0 Å². The van der Waals surface area contributed by atoms with Gasteiger partial charge in [0.2, 0.25) is 0 Å². The van der Waals surface area contributed by atoms with Crippen molar-refractivity contribution in [2.24, 2.45) is 0 Å². The Labute approximate surface area is 118 Å². The molecule has 19 heavy (non-hydrogen) atoms. The average Bonchev–Trinajstić information content (AvgIpc) is 2.76. The number of halogens is 2. The molecule has 0 radical (unpaired) electrons. The van der Waals surface area contributed by atoms with Crippen LogP contribution in [0.3, 0.4) is 0 Å². The Kier molecular flexibility index (Phi) is 3.03. The Hall–Kier alpha value is -1.81. The number of fused-ring (bicyclic) bond motifs is 1. The summed E-state index contributed by atoms with van der Waals surface area (Å²) in [6.07, 6.45) is 1.99. The van der Waals surface area contributed by atoms with Gasteiger partial charge in [-0.05, 0) is 48.0 Å². The van der Waals surface area contributed by atoms with E-state index in [0.717, 1.165) is 20.9 Å². The lowest BCUT2D eigenvalue weighted by atomic mass is 10.1. The second-order valence-corrected chi connectivity index (χ2v) is 5.41. The van der Waals surface area contributed by atoms with Crippen LogP contribution in [-0.2, 0) is 6.54 Å². The van der Waals surface area contributed by atoms with Crippen LogP contribution in [0.5, 0.6) is 0 Å². The van der Waals surface area contributed by atoms with E-state index >= 15 is 0 Å². The molecule has 0 aliphatic rings. The molecule has 3 aromatic rings. The van der Waals surface area contributed by atoms with Gasteiger partial charge in [-0.25, -0.2) is 4.39 Å². The molecule has 0 unspecified atom stereocenters. The number of nitrogens with zero attached hydrogens (tertiary/aromatic N) is 1. The third-order valence-electron chi connectivity index (χ3n) is 3.18. The molecule has 0 aliphatic heterocycles. The van der Waals surface area contributed by atoms with E-state index in [1.54, 1.807) is 6.07 Å². The lowest BCUT2D eigenvalue weighted by molar-refractivity contribution is 0.624. The highest BCUT2D eigenvalue weighted by molar-refractivity contribution is 9.10. The molecule has 1 aromatic heterocycles. The maximum atomic E-state index is 13.3. The maximum absolute atomic E-state index is 13.3. The monoisotopic (exact) mass is 318 g/mol. The molecule has 0 atom stereocenters. The van der Waals surface area contributed by atoms with Gasteiger partial charge in [-0.3, -0.25) is 0 Å². The molecular weight excluding hydrogens is 307 g/mol. The van der Waals surface area contributed by atoms with Gasteiger partial charge in [0.15, 0.2) is 0 Å². The minimum absolute atomic E-state index is 0.261. The first-order chi connectivity index (χ1) is 9.13. The van der Waals surface area contributed by atoms with Gasteiger partial charge in [-0.2, -0.15) is 0 Å². The van der Waals surface area contributed by atoms with Crippen LogP contribution in [-0.4, -0.2) is 4.57 Å². The minimum Gasteiger partial charge on any atom is -0.398 e. The SMILES string of the molecule is Nc1ccc(F)cc1Cn1ccc2cc(Br)ccc21. The summed E-state index contributed by atoms with van der Waals surface area (Å²) < 4.78 is 16.4. The zero-order valence-corrected chi connectivity index (χ0v) is 11.7. The van der Waals surface area contributed by atoms with Crippen molar-refractivity contribution >= 4 is 32.5 Å². The molecular formula is C15H12BrFN2. The smallest absolute Gasteiger partial charge is 0.123 e. The van der Waals surface area contributed by atoms with E-state index in [0.29, 0.717) is 12.2 Å². The molecule has 0 bridgehead atoms. The lowest BCUT2D eigenvalue weighted by Crippen LogP contribution is -2.02. The van der Waals surface area contributed by atoms with Gasteiger partial charge in [0, 0.05) is 33.8 Å².